The molecule has 0 saturated carbocycles. The lowest BCUT2D eigenvalue weighted by atomic mass is 9.89. The van der Waals surface area contributed by atoms with E-state index in [1.807, 2.05) is 12.1 Å². The van der Waals surface area contributed by atoms with Gasteiger partial charge in [0.25, 0.3) is 0 Å². The van der Waals surface area contributed by atoms with Gasteiger partial charge >= 0.3 is 0 Å². The molecular weight excluding hydrogens is 264 g/mol. The molecule has 0 aromatic heterocycles. The van der Waals surface area contributed by atoms with Crippen LogP contribution in [0.15, 0.2) is 72.8 Å². The third kappa shape index (κ3) is 1.62. The Labute approximate surface area is 123 Å². The first-order chi connectivity index (χ1) is 9.86. The van der Waals surface area contributed by atoms with Crippen LogP contribution < -0.4 is 0 Å². The summed E-state index contributed by atoms with van der Waals surface area (Å²) in [7, 11) is 0. The molecule has 0 radical (unpaired) electrons. The van der Waals surface area contributed by atoms with Crippen molar-refractivity contribution in [3.63, 3.8) is 0 Å². The molecule has 1 heteroatoms. The van der Waals surface area contributed by atoms with Crippen molar-refractivity contribution >= 4 is 11.6 Å². The van der Waals surface area contributed by atoms with Crippen molar-refractivity contribution < 1.29 is 0 Å². The highest BCUT2D eigenvalue weighted by Gasteiger charge is 2.30. The second-order valence-corrected chi connectivity index (χ2v) is 5.54. The van der Waals surface area contributed by atoms with Crippen molar-refractivity contribution in [2.45, 2.75) is 5.92 Å². The van der Waals surface area contributed by atoms with Crippen molar-refractivity contribution in [1.29, 1.82) is 0 Å². The number of benzene rings is 3. The van der Waals surface area contributed by atoms with Crippen molar-refractivity contribution in [2.24, 2.45) is 0 Å². The van der Waals surface area contributed by atoms with Crippen LogP contribution in [-0.4, -0.2) is 0 Å². The topological polar surface area (TPSA) is 0 Å². The molecule has 0 heterocycles. The molecule has 0 spiro atoms. The fourth-order valence-corrected chi connectivity index (χ4v) is 3.44. The maximum atomic E-state index is 6.44. The highest BCUT2D eigenvalue weighted by atomic mass is 35.5. The van der Waals surface area contributed by atoms with Gasteiger partial charge in [0.1, 0.15) is 0 Å². The van der Waals surface area contributed by atoms with Gasteiger partial charge in [-0.2, -0.15) is 0 Å². The number of fused-ring (bicyclic) bond motifs is 3. The molecule has 0 fully saturated rings. The van der Waals surface area contributed by atoms with Gasteiger partial charge in [-0.3, -0.25) is 0 Å². The van der Waals surface area contributed by atoms with E-state index < -0.39 is 0 Å². The first-order valence-corrected chi connectivity index (χ1v) is 7.17. The van der Waals surface area contributed by atoms with Gasteiger partial charge in [0.05, 0.1) is 0 Å². The van der Waals surface area contributed by atoms with Gasteiger partial charge in [-0.05, 0) is 33.9 Å². The highest BCUT2D eigenvalue weighted by molar-refractivity contribution is 6.31. The van der Waals surface area contributed by atoms with Gasteiger partial charge in [-0.25, -0.2) is 0 Å². The van der Waals surface area contributed by atoms with E-state index in [0.717, 1.165) is 5.02 Å². The normalized spacial score (nSPS) is 13.1. The summed E-state index contributed by atoms with van der Waals surface area (Å²) in [6, 6.07) is 25.4. The molecule has 0 saturated heterocycles. The molecule has 20 heavy (non-hydrogen) atoms. The molecule has 1 aliphatic rings. The Morgan fingerprint density at radius 3 is 1.55 bits per heavy atom. The number of hydrogen-bond donors (Lipinski definition) is 0. The summed E-state index contributed by atoms with van der Waals surface area (Å²) in [5, 5.41) is 0.837. The van der Waals surface area contributed by atoms with Crippen LogP contribution in [0.4, 0.5) is 0 Å². The van der Waals surface area contributed by atoms with Crippen molar-refractivity contribution in [3.8, 4) is 11.1 Å². The molecular formula is C19H13Cl. The van der Waals surface area contributed by atoms with Gasteiger partial charge < -0.3 is 0 Å². The summed E-state index contributed by atoms with van der Waals surface area (Å²) in [6.45, 7) is 0. The van der Waals surface area contributed by atoms with E-state index in [4.69, 9.17) is 11.6 Å². The zero-order valence-electron chi connectivity index (χ0n) is 10.9. The molecule has 4 rings (SSSR count). The lowest BCUT2D eigenvalue weighted by molar-refractivity contribution is 1.02. The lowest BCUT2D eigenvalue weighted by Gasteiger charge is -2.15. The maximum Gasteiger partial charge on any atom is 0.0447 e. The molecule has 3 aromatic carbocycles. The summed E-state index contributed by atoms with van der Waals surface area (Å²) >= 11 is 6.44. The molecule has 1 aliphatic carbocycles. The van der Waals surface area contributed by atoms with Crippen LogP contribution in [0.25, 0.3) is 11.1 Å². The van der Waals surface area contributed by atoms with Crippen LogP contribution in [0.2, 0.25) is 5.02 Å². The molecule has 0 atom stereocenters. The smallest absolute Gasteiger partial charge is 0.0447 e. The maximum absolute atomic E-state index is 6.44. The van der Waals surface area contributed by atoms with Crippen molar-refractivity contribution in [2.75, 3.05) is 0 Å². The van der Waals surface area contributed by atoms with Gasteiger partial charge in [0.2, 0.25) is 0 Å². The Morgan fingerprint density at radius 1 is 0.550 bits per heavy atom. The van der Waals surface area contributed by atoms with Gasteiger partial charge in [0, 0.05) is 10.9 Å². The first-order valence-electron chi connectivity index (χ1n) is 6.79. The predicted molar refractivity (Wildman–Crippen MR) is 84.3 cm³/mol. The minimum Gasteiger partial charge on any atom is -0.0840 e. The second-order valence-electron chi connectivity index (χ2n) is 5.13. The van der Waals surface area contributed by atoms with E-state index in [0.29, 0.717) is 0 Å². The number of halogens is 1. The Morgan fingerprint density at radius 2 is 1.00 bits per heavy atom. The minimum atomic E-state index is 0.246. The Kier molecular flexibility index (Phi) is 2.64. The van der Waals surface area contributed by atoms with Gasteiger partial charge in [-0.15, -0.1) is 0 Å². The fourth-order valence-electron chi connectivity index (χ4n) is 3.20. The van der Waals surface area contributed by atoms with E-state index in [2.05, 4.69) is 60.7 Å². The monoisotopic (exact) mass is 276 g/mol. The lowest BCUT2D eigenvalue weighted by Crippen LogP contribution is -1.99. The minimum absolute atomic E-state index is 0.246. The molecule has 0 aliphatic heterocycles. The SMILES string of the molecule is Clc1ccccc1C1c2ccccc2-c2ccccc21. The molecule has 0 bridgehead atoms. The summed E-state index contributed by atoms with van der Waals surface area (Å²) in [4.78, 5) is 0. The van der Waals surface area contributed by atoms with Crippen LogP contribution in [0, 0.1) is 0 Å². The van der Waals surface area contributed by atoms with Crippen LogP contribution in [-0.2, 0) is 0 Å². The average Bonchev–Trinajstić information content (AvgIpc) is 2.83. The Bertz CT molecular complexity index is 744. The van der Waals surface area contributed by atoms with Gasteiger partial charge in [0.15, 0.2) is 0 Å². The summed E-state index contributed by atoms with van der Waals surface area (Å²) < 4.78 is 0. The molecule has 0 unspecified atom stereocenters. The number of rotatable bonds is 1. The van der Waals surface area contributed by atoms with Crippen molar-refractivity contribution in [1.82, 2.24) is 0 Å². The zero-order chi connectivity index (χ0) is 13.5. The Balaban J connectivity index is 2.03. The second kappa shape index (κ2) is 4.50. The van der Waals surface area contributed by atoms with Crippen LogP contribution >= 0.6 is 11.6 Å². The van der Waals surface area contributed by atoms with E-state index in [-0.39, 0.29) is 5.92 Å². The number of hydrogen-bond acceptors (Lipinski definition) is 0. The zero-order valence-corrected chi connectivity index (χ0v) is 11.6. The van der Waals surface area contributed by atoms with Crippen molar-refractivity contribution in [3.05, 3.63) is 94.5 Å². The standard InChI is InChI=1S/C19H13Cl/c20-18-12-6-5-11-17(18)19-15-9-3-1-7-13(15)14-8-2-4-10-16(14)19/h1-12,19H. The molecule has 0 amide bonds. The average molecular weight is 277 g/mol. The van der Waals surface area contributed by atoms with Crippen LogP contribution in [0.3, 0.4) is 0 Å². The first kappa shape index (κ1) is 11.7. The quantitative estimate of drug-likeness (QED) is 0.430. The highest BCUT2D eigenvalue weighted by Crippen LogP contribution is 2.48. The largest absolute Gasteiger partial charge is 0.0840 e. The van der Waals surface area contributed by atoms with E-state index >= 15 is 0 Å². The molecule has 0 N–H and O–H groups in total. The Hall–Kier alpha value is -2.05. The molecule has 96 valence electrons. The van der Waals surface area contributed by atoms with Crippen LogP contribution in [0.1, 0.15) is 22.6 Å². The third-order valence-electron chi connectivity index (χ3n) is 4.05. The third-order valence-corrected chi connectivity index (χ3v) is 4.39. The molecule has 3 aromatic rings. The van der Waals surface area contributed by atoms with E-state index in [9.17, 15) is 0 Å². The van der Waals surface area contributed by atoms with E-state index in [1.165, 1.54) is 27.8 Å². The molecule has 0 nitrogen and oxygen atoms in total. The summed E-state index contributed by atoms with van der Waals surface area (Å²) in [5.41, 5.74) is 6.54. The summed E-state index contributed by atoms with van der Waals surface area (Å²) in [5.74, 6) is 0.246. The van der Waals surface area contributed by atoms with Gasteiger partial charge in [-0.1, -0.05) is 78.3 Å². The van der Waals surface area contributed by atoms with Crippen LogP contribution in [0.5, 0.6) is 0 Å². The fraction of sp³-hybridized carbons (Fsp3) is 0.0526. The predicted octanol–water partition coefficient (Wildman–Crippen LogP) is 5.50. The van der Waals surface area contributed by atoms with E-state index in [1.54, 1.807) is 0 Å². The summed E-state index contributed by atoms with van der Waals surface area (Å²) in [6.07, 6.45) is 0.